The van der Waals surface area contributed by atoms with Gasteiger partial charge < -0.3 is 0 Å². The molecular formula is C31H29Br. The SMILES string of the molecule is CC(C)C1C2CCC1(C)c1c2c(-c2ccccc2)c2ccc(Br)cc2c1-c1ccccc1. The molecule has 32 heavy (non-hydrogen) atoms. The molecule has 6 rings (SSSR count). The van der Waals surface area contributed by atoms with E-state index in [2.05, 4.69) is 116 Å². The maximum absolute atomic E-state index is 3.79. The Kier molecular flexibility index (Phi) is 4.63. The number of fused-ring (bicyclic) bond motifs is 6. The standard InChI is InChI=1S/C31H29Br/c1-19(2)29-24-16-17-31(29,3)30-27(21-12-8-5-9-13-21)25-18-22(32)14-15-23(25)26(28(24)30)20-10-6-4-7-11-20/h4-15,18-19,24,29H,16-17H2,1-3H3. The molecule has 4 aromatic rings. The van der Waals surface area contributed by atoms with Crippen molar-refractivity contribution in [1.82, 2.24) is 0 Å². The fraction of sp³-hybridized carbons (Fsp3) is 0.290. The van der Waals surface area contributed by atoms with Crippen LogP contribution in [0.4, 0.5) is 0 Å². The van der Waals surface area contributed by atoms with Crippen LogP contribution in [-0.4, -0.2) is 0 Å². The summed E-state index contributed by atoms with van der Waals surface area (Å²) in [7, 11) is 0. The van der Waals surface area contributed by atoms with Crippen molar-refractivity contribution in [2.45, 2.75) is 44.9 Å². The van der Waals surface area contributed by atoms with Crippen molar-refractivity contribution in [3.63, 3.8) is 0 Å². The van der Waals surface area contributed by atoms with Gasteiger partial charge in [0.25, 0.3) is 0 Å². The molecule has 2 aliphatic carbocycles. The first-order valence-electron chi connectivity index (χ1n) is 11.9. The lowest BCUT2D eigenvalue weighted by molar-refractivity contribution is 0.271. The normalized spacial score (nSPS) is 23.8. The van der Waals surface area contributed by atoms with E-state index in [1.165, 1.54) is 45.9 Å². The Morgan fingerprint density at radius 1 is 0.812 bits per heavy atom. The first-order chi connectivity index (χ1) is 15.5. The zero-order valence-corrected chi connectivity index (χ0v) is 20.6. The average molecular weight is 481 g/mol. The van der Waals surface area contributed by atoms with Crippen molar-refractivity contribution in [3.05, 3.63) is 94.5 Å². The lowest BCUT2D eigenvalue weighted by Gasteiger charge is -2.34. The van der Waals surface area contributed by atoms with E-state index < -0.39 is 0 Å². The monoisotopic (exact) mass is 480 g/mol. The van der Waals surface area contributed by atoms with Crippen LogP contribution < -0.4 is 0 Å². The van der Waals surface area contributed by atoms with Gasteiger partial charge in [-0.05, 0) is 92.3 Å². The van der Waals surface area contributed by atoms with E-state index in [-0.39, 0.29) is 5.41 Å². The average Bonchev–Trinajstić information content (AvgIpc) is 3.28. The van der Waals surface area contributed by atoms with Gasteiger partial charge in [-0.2, -0.15) is 0 Å². The van der Waals surface area contributed by atoms with Gasteiger partial charge in [-0.15, -0.1) is 0 Å². The summed E-state index contributed by atoms with van der Waals surface area (Å²) in [4.78, 5) is 0. The molecule has 1 fully saturated rings. The maximum Gasteiger partial charge on any atom is 0.0181 e. The molecule has 2 bridgehead atoms. The molecule has 1 heteroatoms. The molecule has 0 aliphatic heterocycles. The summed E-state index contributed by atoms with van der Waals surface area (Å²) in [5, 5.41) is 2.76. The van der Waals surface area contributed by atoms with E-state index in [1.807, 2.05) is 0 Å². The van der Waals surface area contributed by atoms with Crippen LogP contribution in [-0.2, 0) is 5.41 Å². The zero-order valence-electron chi connectivity index (χ0n) is 19.0. The maximum atomic E-state index is 3.79. The highest BCUT2D eigenvalue weighted by molar-refractivity contribution is 9.10. The Balaban J connectivity index is 1.83. The van der Waals surface area contributed by atoms with E-state index in [1.54, 1.807) is 11.1 Å². The lowest BCUT2D eigenvalue weighted by atomic mass is 9.70. The summed E-state index contributed by atoms with van der Waals surface area (Å²) in [5.74, 6) is 2.00. The summed E-state index contributed by atoms with van der Waals surface area (Å²) in [6.07, 6.45) is 2.60. The third kappa shape index (κ3) is 2.73. The smallest absolute Gasteiger partial charge is 0.0181 e. The second kappa shape index (κ2) is 7.32. The second-order valence-electron chi connectivity index (χ2n) is 10.3. The number of halogens is 1. The van der Waals surface area contributed by atoms with Crippen molar-refractivity contribution < 1.29 is 0 Å². The van der Waals surface area contributed by atoms with Gasteiger partial charge in [0.05, 0.1) is 0 Å². The van der Waals surface area contributed by atoms with Crippen LogP contribution in [0.25, 0.3) is 33.0 Å². The number of rotatable bonds is 3. The van der Waals surface area contributed by atoms with Crippen LogP contribution in [0.3, 0.4) is 0 Å². The van der Waals surface area contributed by atoms with Gasteiger partial charge in [-0.1, -0.05) is 103 Å². The molecule has 3 atom stereocenters. The largest absolute Gasteiger partial charge is 0.0625 e. The third-order valence-electron chi connectivity index (χ3n) is 8.24. The topological polar surface area (TPSA) is 0 Å². The first-order valence-corrected chi connectivity index (χ1v) is 12.7. The van der Waals surface area contributed by atoms with E-state index >= 15 is 0 Å². The summed E-state index contributed by atoms with van der Waals surface area (Å²) in [6, 6.07) is 29.1. The van der Waals surface area contributed by atoms with Crippen molar-refractivity contribution in [2.75, 3.05) is 0 Å². The molecule has 0 saturated heterocycles. The Morgan fingerprint density at radius 3 is 2.06 bits per heavy atom. The van der Waals surface area contributed by atoms with Crippen LogP contribution >= 0.6 is 15.9 Å². The van der Waals surface area contributed by atoms with Crippen LogP contribution in [0, 0.1) is 11.8 Å². The fourth-order valence-corrected chi connectivity index (χ4v) is 7.69. The van der Waals surface area contributed by atoms with E-state index in [4.69, 9.17) is 0 Å². The molecule has 0 aromatic heterocycles. The van der Waals surface area contributed by atoms with E-state index in [9.17, 15) is 0 Å². The summed E-state index contributed by atoms with van der Waals surface area (Å²) < 4.78 is 1.15. The third-order valence-corrected chi connectivity index (χ3v) is 8.73. The molecule has 3 unspecified atom stereocenters. The predicted octanol–water partition coefficient (Wildman–Crippen LogP) is 9.36. The first kappa shape index (κ1) is 20.2. The van der Waals surface area contributed by atoms with E-state index in [0.717, 1.165) is 4.47 Å². The van der Waals surface area contributed by atoms with Crippen molar-refractivity contribution in [3.8, 4) is 22.3 Å². The minimum atomic E-state index is 0.222. The number of hydrogen-bond acceptors (Lipinski definition) is 0. The van der Waals surface area contributed by atoms with Gasteiger partial charge in [-0.3, -0.25) is 0 Å². The Morgan fingerprint density at radius 2 is 1.44 bits per heavy atom. The van der Waals surface area contributed by atoms with Gasteiger partial charge in [-0.25, -0.2) is 0 Å². The minimum Gasteiger partial charge on any atom is -0.0625 e. The van der Waals surface area contributed by atoms with Gasteiger partial charge in [0, 0.05) is 4.47 Å². The van der Waals surface area contributed by atoms with Crippen LogP contribution in [0.15, 0.2) is 83.3 Å². The van der Waals surface area contributed by atoms with Gasteiger partial charge in [0.2, 0.25) is 0 Å². The van der Waals surface area contributed by atoms with Crippen LogP contribution in [0.2, 0.25) is 0 Å². The predicted molar refractivity (Wildman–Crippen MR) is 140 cm³/mol. The molecule has 0 nitrogen and oxygen atoms in total. The molecule has 4 aromatic carbocycles. The lowest BCUT2D eigenvalue weighted by Crippen LogP contribution is -2.28. The molecule has 160 valence electrons. The quantitative estimate of drug-likeness (QED) is 0.273. The summed E-state index contributed by atoms with van der Waals surface area (Å²) in [6.45, 7) is 7.44. The molecule has 0 spiro atoms. The van der Waals surface area contributed by atoms with Gasteiger partial charge >= 0.3 is 0 Å². The molecular weight excluding hydrogens is 452 g/mol. The Hall–Kier alpha value is -2.38. The number of hydrogen-bond donors (Lipinski definition) is 0. The highest BCUT2D eigenvalue weighted by Crippen LogP contribution is 2.67. The second-order valence-corrected chi connectivity index (χ2v) is 11.2. The van der Waals surface area contributed by atoms with E-state index in [0.29, 0.717) is 17.8 Å². The fourth-order valence-electron chi connectivity index (χ4n) is 7.33. The molecule has 0 N–H and O–H groups in total. The highest BCUT2D eigenvalue weighted by Gasteiger charge is 2.57. The highest BCUT2D eigenvalue weighted by atomic mass is 79.9. The summed E-state index contributed by atoms with van der Waals surface area (Å²) in [5.41, 5.74) is 9.13. The molecule has 0 amide bonds. The molecule has 0 heterocycles. The zero-order chi connectivity index (χ0) is 22.0. The molecule has 0 radical (unpaired) electrons. The van der Waals surface area contributed by atoms with Crippen LogP contribution in [0.5, 0.6) is 0 Å². The minimum absolute atomic E-state index is 0.222. The van der Waals surface area contributed by atoms with Crippen molar-refractivity contribution in [2.24, 2.45) is 11.8 Å². The van der Waals surface area contributed by atoms with Gasteiger partial charge in [0.15, 0.2) is 0 Å². The van der Waals surface area contributed by atoms with Crippen LogP contribution in [0.1, 0.15) is 50.7 Å². The Bertz CT molecular complexity index is 1320. The molecule has 1 saturated carbocycles. The Labute approximate surface area is 199 Å². The van der Waals surface area contributed by atoms with Gasteiger partial charge in [0.1, 0.15) is 0 Å². The number of benzene rings is 4. The summed E-state index contributed by atoms with van der Waals surface area (Å²) >= 11 is 3.79. The molecule has 2 aliphatic rings. The van der Waals surface area contributed by atoms with Crippen molar-refractivity contribution in [1.29, 1.82) is 0 Å². The van der Waals surface area contributed by atoms with Crippen molar-refractivity contribution >= 4 is 26.7 Å².